The topological polar surface area (TPSA) is 79.5 Å². The molecule has 0 amide bonds. The Kier molecular flexibility index (Phi) is 7.02. The zero-order valence-corrected chi connectivity index (χ0v) is 16.8. The van der Waals surface area contributed by atoms with E-state index in [1.54, 1.807) is 48.5 Å². The van der Waals surface area contributed by atoms with Gasteiger partial charge in [-0.1, -0.05) is 30.3 Å². The molecule has 3 aromatic carbocycles. The van der Waals surface area contributed by atoms with Crippen molar-refractivity contribution in [2.75, 3.05) is 6.61 Å². The summed E-state index contributed by atoms with van der Waals surface area (Å²) in [4.78, 5) is 11.0. The van der Waals surface area contributed by atoms with E-state index in [-0.39, 0.29) is 12.2 Å². The first kappa shape index (κ1) is 21.6. The number of nitrogens with zero attached hydrogens (tertiary/aromatic N) is 1. The number of carbonyl (C=O) groups is 1. The van der Waals surface area contributed by atoms with Gasteiger partial charge >= 0.3 is 5.97 Å². The summed E-state index contributed by atoms with van der Waals surface area (Å²) in [5.74, 6) is -0.362. The van der Waals surface area contributed by atoms with Crippen LogP contribution in [0.5, 0.6) is 11.5 Å². The number of rotatable bonds is 8. The van der Waals surface area contributed by atoms with Crippen molar-refractivity contribution in [2.24, 2.45) is 0 Å². The smallest absolute Gasteiger partial charge is 0.335 e. The van der Waals surface area contributed by atoms with E-state index in [0.717, 1.165) is 5.56 Å². The number of halogens is 1. The van der Waals surface area contributed by atoms with Crippen molar-refractivity contribution in [3.05, 3.63) is 94.8 Å². The first-order chi connectivity index (χ1) is 15.0. The fourth-order valence-corrected chi connectivity index (χ4v) is 2.91. The predicted molar refractivity (Wildman–Crippen MR) is 115 cm³/mol. The highest BCUT2D eigenvalue weighted by Crippen LogP contribution is 2.31. The normalized spacial score (nSPS) is 10.9. The van der Waals surface area contributed by atoms with Gasteiger partial charge in [-0.3, -0.25) is 0 Å². The minimum atomic E-state index is -0.982. The van der Waals surface area contributed by atoms with Crippen molar-refractivity contribution >= 4 is 17.6 Å². The van der Waals surface area contributed by atoms with E-state index in [0.29, 0.717) is 34.8 Å². The molecule has 0 aliphatic carbocycles. The standard InChI is InChI=1S/C25H20FNO4/c1-2-30-24-13-18(12-21(15-27)20-4-3-5-22(26)14-20)8-11-23(24)31-16-17-6-9-19(10-7-17)25(28)29/h3-14H,2,16H2,1H3,(H,28,29)/b21-12-. The van der Waals surface area contributed by atoms with Crippen molar-refractivity contribution in [1.29, 1.82) is 5.26 Å². The van der Waals surface area contributed by atoms with Crippen molar-refractivity contribution in [3.8, 4) is 17.6 Å². The van der Waals surface area contributed by atoms with Crippen LogP contribution in [0, 0.1) is 17.1 Å². The highest BCUT2D eigenvalue weighted by molar-refractivity contribution is 5.90. The SMILES string of the molecule is CCOc1cc(/C=C(/C#N)c2cccc(F)c2)ccc1OCc1ccc(C(=O)O)cc1. The lowest BCUT2D eigenvalue weighted by molar-refractivity contribution is 0.0697. The van der Waals surface area contributed by atoms with Crippen LogP contribution in [-0.2, 0) is 6.61 Å². The van der Waals surface area contributed by atoms with Crippen molar-refractivity contribution in [3.63, 3.8) is 0 Å². The molecule has 31 heavy (non-hydrogen) atoms. The molecular formula is C25H20FNO4. The lowest BCUT2D eigenvalue weighted by Gasteiger charge is -2.13. The lowest BCUT2D eigenvalue weighted by atomic mass is 10.0. The van der Waals surface area contributed by atoms with Crippen molar-refractivity contribution in [2.45, 2.75) is 13.5 Å². The Hall–Kier alpha value is -4.11. The molecular weight excluding hydrogens is 397 g/mol. The van der Waals surface area contributed by atoms with Gasteiger partial charge in [0.15, 0.2) is 11.5 Å². The monoisotopic (exact) mass is 417 g/mol. The molecule has 0 saturated heterocycles. The number of ether oxygens (including phenoxy) is 2. The summed E-state index contributed by atoms with van der Waals surface area (Å²) in [7, 11) is 0. The third kappa shape index (κ3) is 5.71. The van der Waals surface area contributed by atoms with Crippen LogP contribution in [0.1, 0.15) is 34.0 Å². The lowest BCUT2D eigenvalue weighted by Crippen LogP contribution is -2.01. The Morgan fingerprint density at radius 2 is 1.81 bits per heavy atom. The minimum absolute atomic E-state index is 0.210. The number of aromatic carboxylic acids is 1. The molecule has 0 heterocycles. The zero-order valence-electron chi connectivity index (χ0n) is 16.8. The Bertz CT molecular complexity index is 1150. The Morgan fingerprint density at radius 3 is 2.45 bits per heavy atom. The quantitative estimate of drug-likeness (QED) is 0.383. The molecule has 6 heteroatoms. The van der Waals surface area contributed by atoms with Gasteiger partial charge in [-0.2, -0.15) is 5.26 Å². The molecule has 156 valence electrons. The Labute approximate surface area is 179 Å². The van der Waals surface area contributed by atoms with Gasteiger partial charge in [0.1, 0.15) is 12.4 Å². The fraction of sp³-hybridized carbons (Fsp3) is 0.120. The summed E-state index contributed by atoms with van der Waals surface area (Å²) in [5.41, 5.74) is 2.55. The second-order valence-electron chi connectivity index (χ2n) is 6.61. The summed E-state index contributed by atoms with van der Waals surface area (Å²) in [5, 5.41) is 18.5. The highest BCUT2D eigenvalue weighted by atomic mass is 19.1. The predicted octanol–water partition coefficient (Wildman–Crippen LogP) is 5.57. The van der Waals surface area contributed by atoms with Crippen LogP contribution in [0.4, 0.5) is 4.39 Å². The average molecular weight is 417 g/mol. The minimum Gasteiger partial charge on any atom is -0.490 e. The fourth-order valence-electron chi connectivity index (χ4n) is 2.91. The summed E-state index contributed by atoms with van der Waals surface area (Å²) >= 11 is 0. The molecule has 3 aromatic rings. The second kappa shape index (κ2) is 10.1. The molecule has 0 unspecified atom stereocenters. The molecule has 0 radical (unpaired) electrons. The molecule has 0 bridgehead atoms. The number of carboxylic acid groups (broad SMARTS) is 1. The van der Waals surface area contributed by atoms with Gasteiger partial charge in [-0.15, -0.1) is 0 Å². The number of hydrogen-bond donors (Lipinski definition) is 1. The maximum absolute atomic E-state index is 13.5. The van der Waals surface area contributed by atoms with Gasteiger partial charge in [-0.25, -0.2) is 9.18 Å². The van der Waals surface area contributed by atoms with E-state index < -0.39 is 11.8 Å². The van der Waals surface area contributed by atoms with E-state index in [4.69, 9.17) is 14.6 Å². The van der Waals surface area contributed by atoms with Gasteiger partial charge in [-0.05, 0) is 66.1 Å². The van der Waals surface area contributed by atoms with Gasteiger partial charge in [0, 0.05) is 0 Å². The molecule has 0 fully saturated rings. The van der Waals surface area contributed by atoms with Crippen LogP contribution in [0.25, 0.3) is 11.6 Å². The maximum Gasteiger partial charge on any atom is 0.335 e. The Morgan fingerprint density at radius 1 is 1.03 bits per heavy atom. The van der Waals surface area contributed by atoms with Crippen LogP contribution in [-0.4, -0.2) is 17.7 Å². The van der Waals surface area contributed by atoms with E-state index in [2.05, 4.69) is 6.07 Å². The van der Waals surface area contributed by atoms with Gasteiger partial charge in [0.2, 0.25) is 0 Å². The third-order valence-corrected chi connectivity index (χ3v) is 4.43. The van der Waals surface area contributed by atoms with Crippen LogP contribution in [0.2, 0.25) is 0 Å². The number of hydrogen-bond acceptors (Lipinski definition) is 4. The number of allylic oxidation sites excluding steroid dienone is 1. The van der Waals surface area contributed by atoms with Crippen LogP contribution in [0.15, 0.2) is 66.7 Å². The van der Waals surface area contributed by atoms with E-state index >= 15 is 0 Å². The summed E-state index contributed by atoms with van der Waals surface area (Å²) < 4.78 is 25.0. The molecule has 0 aliphatic rings. The van der Waals surface area contributed by atoms with E-state index in [9.17, 15) is 14.4 Å². The largest absolute Gasteiger partial charge is 0.490 e. The first-order valence-corrected chi connectivity index (χ1v) is 9.59. The van der Waals surface area contributed by atoms with Crippen LogP contribution >= 0.6 is 0 Å². The molecule has 0 spiro atoms. The van der Waals surface area contributed by atoms with Gasteiger partial charge in [0.05, 0.1) is 23.8 Å². The number of nitriles is 1. The maximum atomic E-state index is 13.5. The molecule has 0 aliphatic heterocycles. The summed E-state index contributed by atoms with van der Waals surface area (Å²) in [6.45, 7) is 2.51. The summed E-state index contributed by atoms with van der Waals surface area (Å²) in [6.07, 6.45) is 1.66. The highest BCUT2D eigenvalue weighted by Gasteiger charge is 2.09. The second-order valence-corrected chi connectivity index (χ2v) is 6.61. The van der Waals surface area contributed by atoms with E-state index in [1.807, 2.05) is 6.92 Å². The molecule has 0 atom stereocenters. The molecule has 0 aromatic heterocycles. The van der Waals surface area contributed by atoms with Crippen LogP contribution in [0.3, 0.4) is 0 Å². The molecule has 0 saturated carbocycles. The van der Waals surface area contributed by atoms with Gasteiger partial charge < -0.3 is 14.6 Å². The Balaban J connectivity index is 1.81. The molecule has 3 rings (SSSR count). The average Bonchev–Trinajstić information content (AvgIpc) is 2.77. The molecule has 1 N–H and O–H groups in total. The number of benzene rings is 3. The van der Waals surface area contributed by atoms with Crippen molar-refractivity contribution < 1.29 is 23.8 Å². The molecule has 5 nitrogen and oxygen atoms in total. The van der Waals surface area contributed by atoms with Crippen LogP contribution < -0.4 is 9.47 Å². The first-order valence-electron chi connectivity index (χ1n) is 9.59. The van der Waals surface area contributed by atoms with E-state index in [1.165, 1.54) is 24.3 Å². The number of carboxylic acids is 1. The summed E-state index contributed by atoms with van der Waals surface area (Å²) in [6, 6.07) is 19.7. The third-order valence-electron chi connectivity index (χ3n) is 4.43. The van der Waals surface area contributed by atoms with Gasteiger partial charge in [0.25, 0.3) is 0 Å². The van der Waals surface area contributed by atoms with Crippen molar-refractivity contribution in [1.82, 2.24) is 0 Å². The zero-order chi connectivity index (χ0) is 22.2.